The van der Waals surface area contributed by atoms with Gasteiger partial charge >= 0.3 is 51.4 Å². The van der Waals surface area contributed by atoms with Gasteiger partial charge in [-0.05, 0) is 36.4 Å². The molecule has 3 aromatic rings. The molecule has 0 radical (unpaired) electrons. The van der Waals surface area contributed by atoms with E-state index in [1.807, 2.05) is 54.6 Å². The van der Waals surface area contributed by atoms with Gasteiger partial charge in [0.05, 0.1) is 0 Å². The van der Waals surface area contributed by atoms with Gasteiger partial charge in [0.25, 0.3) is 0 Å². The van der Waals surface area contributed by atoms with E-state index in [1.54, 1.807) is 0 Å². The Morgan fingerprint density at radius 3 is 0.952 bits per heavy atom. The van der Waals surface area contributed by atoms with Crippen molar-refractivity contribution < 1.29 is 0 Å². The molecule has 0 atom stereocenters. The molecule has 0 saturated carbocycles. The maximum absolute atomic E-state index is 7.20. The summed E-state index contributed by atoms with van der Waals surface area (Å²) in [7, 11) is 5.50. The van der Waals surface area contributed by atoms with Crippen LogP contribution in [-0.4, -0.2) is 51.4 Å². The minimum absolute atomic E-state index is 0. The van der Waals surface area contributed by atoms with Crippen LogP contribution in [0, 0.1) is 0 Å². The summed E-state index contributed by atoms with van der Waals surface area (Å²) < 4.78 is 0. The monoisotopic (exact) mass is 338 g/mol. The predicted octanol–water partition coefficient (Wildman–Crippen LogP) is 5.47. The molecule has 0 aliphatic carbocycles. The van der Waals surface area contributed by atoms with Crippen LogP contribution in [0.2, 0.25) is 0 Å². The number of halogens is 1. The maximum atomic E-state index is 7.20. The van der Waals surface area contributed by atoms with E-state index in [0.29, 0.717) is 0 Å². The Bertz CT molecular complexity index is 575. The number of benzene rings is 3. The third kappa shape index (κ3) is 3.65. The minimum atomic E-state index is -1.70. The molecule has 3 heteroatoms. The number of rotatable bonds is 3. The molecule has 0 fully saturated rings. The fourth-order valence-electron chi connectivity index (χ4n) is 2.23. The van der Waals surface area contributed by atoms with E-state index in [-0.39, 0.29) is 51.4 Å². The van der Waals surface area contributed by atoms with Crippen molar-refractivity contribution in [1.82, 2.24) is 0 Å². The molecule has 0 unspecified atom stereocenters. The Balaban J connectivity index is 0.00000161. The quantitative estimate of drug-likeness (QED) is 0.555. The third-order valence-corrected chi connectivity index (χ3v) is 7.57. The van der Waals surface area contributed by atoms with Gasteiger partial charge in [-0.1, -0.05) is 74.5 Å². The van der Waals surface area contributed by atoms with Crippen LogP contribution in [0.3, 0.4) is 0 Å². The van der Waals surface area contributed by atoms with Crippen LogP contribution in [0.1, 0.15) is 0 Å². The molecule has 0 aliphatic rings. The van der Waals surface area contributed by atoms with Crippen molar-refractivity contribution in [2.45, 2.75) is 14.7 Å². The first-order valence-corrected chi connectivity index (χ1v) is 8.96. The molecule has 21 heavy (non-hydrogen) atoms. The second-order valence-electron chi connectivity index (χ2n) is 4.48. The van der Waals surface area contributed by atoms with Crippen molar-refractivity contribution in [3.63, 3.8) is 0 Å². The fraction of sp³-hybridized carbons (Fsp3) is 0. The standard InChI is InChI=1S/C18H15ClS.K.H/c19-20(16-10-4-1-5-11-16,17-12-6-2-7-13-17)18-14-8-3-9-15-18;;/h1-15H;;. The first kappa shape index (κ1) is 17.3. The van der Waals surface area contributed by atoms with Crippen LogP contribution >= 0.6 is 19.9 Å². The van der Waals surface area contributed by atoms with E-state index < -0.39 is 9.24 Å². The summed E-state index contributed by atoms with van der Waals surface area (Å²) in [6, 6.07) is 31.0. The fourth-order valence-corrected chi connectivity index (χ4v) is 5.57. The summed E-state index contributed by atoms with van der Waals surface area (Å²) in [6.07, 6.45) is 0. The Kier molecular flexibility index (Phi) is 6.57. The van der Waals surface area contributed by atoms with Crippen LogP contribution in [-0.2, 0) is 0 Å². The second kappa shape index (κ2) is 7.98. The molecule has 102 valence electrons. The summed E-state index contributed by atoms with van der Waals surface area (Å²) in [6.45, 7) is 0. The Morgan fingerprint density at radius 2 is 0.714 bits per heavy atom. The van der Waals surface area contributed by atoms with Crippen molar-refractivity contribution in [3.05, 3.63) is 91.0 Å². The van der Waals surface area contributed by atoms with Gasteiger partial charge in [-0.3, -0.25) is 0 Å². The zero-order valence-electron chi connectivity index (χ0n) is 10.9. The molecule has 0 spiro atoms. The normalized spacial score (nSPS) is 11.5. The van der Waals surface area contributed by atoms with Crippen molar-refractivity contribution >= 4 is 71.3 Å². The summed E-state index contributed by atoms with van der Waals surface area (Å²) in [5, 5.41) is 0. The average molecular weight is 339 g/mol. The number of hydrogen-bond donors (Lipinski definition) is 0. The van der Waals surface area contributed by atoms with Gasteiger partial charge in [0.15, 0.2) is 0 Å². The van der Waals surface area contributed by atoms with E-state index in [9.17, 15) is 0 Å². The van der Waals surface area contributed by atoms with Gasteiger partial charge < -0.3 is 0 Å². The van der Waals surface area contributed by atoms with E-state index in [4.69, 9.17) is 10.7 Å². The topological polar surface area (TPSA) is 0 Å². The van der Waals surface area contributed by atoms with E-state index in [2.05, 4.69) is 36.4 Å². The first-order valence-electron chi connectivity index (χ1n) is 6.50. The molecule has 3 aromatic carbocycles. The van der Waals surface area contributed by atoms with Crippen molar-refractivity contribution in [2.24, 2.45) is 0 Å². The summed E-state index contributed by atoms with van der Waals surface area (Å²) in [5.41, 5.74) is 0. The van der Waals surface area contributed by atoms with Crippen molar-refractivity contribution in [2.75, 3.05) is 0 Å². The molecular formula is C18H16ClKS. The first-order chi connectivity index (χ1) is 9.82. The van der Waals surface area contributed by atoms with Gasteiger partial charge in [0, 0.05) is 14.7 Å². The molecular weight excluding hydrogens is 323 g/mol. The van der Waals surface area contributed by atoms with Gasteiger partial charge in [0.1, 0.15) is 0 Å². The van der Waals surface area contributed by atoms with Gasteiger partial charge in [-0.2, -0.15) is 0 Å². The van der Waals surface area contributed by atoms with E-state index in [1.165, 1.54) is 14.7 Å². The molecule has 0 amide bonds. The van der Waals surface area contributed by atoms with Gasteiger partial charge in [0.2, 0.25) is 0 Å². The number of hydrogen-bond acceptors (Lipinski definition) is 0. The van der Waals surface area contributed by atoms with Gasteiger partial charge in [-0.15, -0.1) is 0 Å². The molecule has 0 aliphatic heterocycles. The van der Waals surface area contributed by atoms with Gasteiger partial charge in [-0.25, -0.2) is 0 Å². The molecule has 0 nitrogen and oxygen atoms in total. The molecule has 0 aromatic heterocycles. The average Bonchev–Trinajstić information content (AvgIpc) is 2.56. The second-order valence-corrected chi connectivity index (χ2v) is 8.36. The van der Waals surface area contributed by atoms with E-state index >= 15 is 0 Å². The van der Waals surface area contributed by atoms with Crippen LogP contribution in [0.25, 0.3) is 0 Å². The Morgan fingerprint density at radius 1 is 0.476 bits per heavy atom. The SMILES string of the molecule is ClS(c1ccccc1)(c1ccccc1)c1ccccc1.[KH]. The van der Waals surface area contributed by atoms with Crippen molar-refractivity contribution in [3.8, 4) is 0 Å². The van der Waals surface area contributed by atoms with Crippen molar-refractivity contribution in [1.29, 1.82) is 0 Å². The molecule has 0 N–H and O–H groups in total. The zero-order valence-corrected chi connectivity index (χ0v) is 12.5. The zero-order chi connectivity index (χ0) is 13.8. The van der Waals surface area contributed by atoms with Crippen LogP contribution in [0.5, 0.6) is 0 Å². The summed E-state index contributed by atoms with van der Waals surface area (Å²) in [4.78, 5) is 3.50. The predicted molar refractivity (Wildman–Crippen MR) is 94.7 cm³/mol. The molecule has 0 heterocycles. The van der Waals surface area contributed by atoms with E-state index in [0.717, 1.165) is 0 Å². The Hall–Kier alpha value is -0.0636. The Labute approximate surface area is 174 Å². The summed E-state index contributed by atoms with van der Waals surface area (Å²) in [5.74, 6) is 0. The molecule has 0 bridgehead atoms. The molecule has 0 saturated heterocycles. The molecule has 3 rings (SSSR count). The van der Waals surface area contributed by atoms with Crippen LogP contribution < -0.4 is 0 Å². The van der Waals surface area contributed by atoms with Crippen LogP contribution in [0.4, 0.5) is 0 Å². The summed E-state index contributed by atoms with van der Waals surface area (Å²) >= 11 is 0. The van der Waals surface area contributed by atoms with Crippen LogP contribution in [0.15, 0.2) is 106 Å². The third-order valence-electron chi connectivity index (χ3n) is 3.20.